The number of hydrogen-bond donors (Lipinski definition) is 2. The SMILES string of the molecule is Cc1ccc(-c2c([C@H](OC(C)(C)C)C(=O)O)c(C)c3nc(NCc4ccccc4)c4ccccc4c3c2C)cc1. The molecule has 0 radical (unpaired) electrons. The monoisotopic (exact) mass is 532 g/mol. The Bertz CT molecular complexity index is 1700. The van der Waals surface area contributed by atoms with Gasteiger partial charge in [-0.25, -0.2) is 9.78 Å². The first-order valence-electron chi connectivity index (χ1n) is 13.7. The zero-order valence-corrected chi connectivity index (χ0v) is 24.0. The fourth-order valence-electron chi connectivity index (χ4n) is 5.48. The molecule has 4 aromatic carbocycles. The van der Waals surface area contributed by atoms with Crippen LogP contribution >= 0.6 is 0 Å². The molecule has 1 atom stereocenters. The number of fused-ring (bicyclic) bond motifs is 3. The van der Waals surface area contributed by atoms with Gasteiger partial charge in [0.05, 0.1) is 11.1 Å². The first-order chi connectivity index (χ1) is 19.0. The third-order valence-corrected chi connectivity index (χ3v) is 7.29. The Morgan fingerprint density at radius 1 is 0.875 bits per heavy atom. The molecule has 0 saturated carbocycles. The Labute approximate surface area is 235 Å². The van der Waals surface area contributed by atoms with Gasteiger partial charge < -0.3 is 15.2 Å². The van der Waals surface area contributed by atoms with Gasteiger partial charge in [0.2, 0.25) is 0 Å². The van der Waals surface area contributed by atoms with Gasteiger partial charge in [-0.2, -0.15) is 0 Å². The van der Waals surface area contributed by atoms with Crippen molar-refractivity contribution in [2.45, 2.75) is 59.8 Å². The molecule has 5 heteroatoms. The summed E-state index contributed by atoms with van der Waals surface area (Å²) in [6, 6.07) is 26.7. The molecular formula is C35H36N2O3. The topological polar surface area (TPSA) is 71.5 Å². The van der Waals surface area contributed by atoms with Gasteiger partial charge in [0, 0.05) is 22.9 Å². The van der Waals surface area contributed by atoms with Crippen LogP contribution in [0.1, 0.15) is 54.7 Å². The number of anilines is 1. The summed E-state index contributed by atoms with van der Waals surface area (Å²) in [6.45, 7) is 12.4. The smallest absolute Gasteiger partial charge is 0.337 e. The highest BCUT2D eigenvalue weighted by atomic mass is 16.5. The predicted octanol–water partition coefficient (Wildman–Crippen LogP) is 8.53. The van der Waals surface area contributed by atoms with Gasteiger partial charge in [0.1, 0.15) is 5.82 Å². The highest BCUT2D eigenvalue weighted by Crippen LogP contribution is 2.44. The molecule has 5 nitrogen and oxygen atoms in total. The van der Waals surface area contributed by atoms with Crippen molar-refractivity contribution >= 4 is 33.5 Å². The van der Waals surface area contributed by atoms with Crippen molar-refractivity contribution in [2.24, 2.45) is 0 Å². The van der Waals surface area contributed by atoms with Crippen LogP contribution in [0.5, 0.6) is 0 Å². The van der Waals surface area contributed by atoms with Gasteiger partial charge >= 0.3 is 5.97 Å². The van der Waals surface area contributed by atoms with Crippen LogP contribution < -0.4 is 5.32 Å². The minimum atomic E-state index is -1.16. The van der Waals surface area contributed by atoms with Crippen molar-refractivity contribution in [3.8, 4) is 11.1 Å². The van der Waals surface area contributed by atoms with Crippen molar-refractivity contribution < 1.29 is 14.6 Å². The summed E-state index contributed by atoms with van der Waals surface area (Å²) in [6.07, 6.45) is -1.16. The molecule has 2 N–H and O–H groups in total. The Hall–Kier alpha value is -4.22. The van der Waals surface area contributed by atoms with Crippen molar-refractivity contribution in [1.82, 2.24) is 4.98 Å². The number of carbonyl (C=O) groups is 1. The Morgan fingerprint density at radius 2 is 1.50 bits per heavy atom. The lowest BCUT2D eigenvalue weighted by Gasteiger charge is -2.29. The molecule has 0 unspecified atom stereocenters. The molecule has 40 heavy (non-hydrogen) atoms. The molecule has 5 rings (SSSR count). The molecule has 0 amide bonds. The lowest BCUT2D eigenvalue weighted by molar-refractivity contribution is -0.160. The number of aliphatic carboxylic acids is 1. The number of carboxylic acid groups (broad SMARTS) is 1. The lowest BCUT2D eigenvalue weighted by atomic mass is 9.84. The number of aryl methyl sites for hydroxylation is 3. The summed E-state index contributed by atoms with van der Waals surface area (Å²) in [5.41, 5.74) is 6.70. The van der Waals surface area contributed by atoms with E-state index in [1.165, 1.54) is 0 Å². The van der Waals surface area contributed by atoms with Crippen molar-refractivity contribution in [2.75, 3.05) is 5.32 Å². The van der Waals surface area contributed by atoms with Crippen LogP contribution in [0, 0.1) is 20.8 Å². The molecule has 0 aliphatic rings. The molecule has 1 heterocycles. The minimum absolute atomic E-state index is 0.626. The third-order valence-electron chi connectivity index (χ3n) is 7.29. The number of rotatable bonds is 7. The average molecular weight is 533 g/mol. The van der Waals surface area contributed by atoms with E-state index in [0.717, 1.165) is 60.9 Å². The lowest BCUT2D eigenvalue weighted by Crippen LogP contribution is -2.28. The van der Waals surface area contributed by atoms with Gasteiger partial charge in [-0.15, -0.1) is 0 Å². The van der Waals surface area contributed by atoms with Gasteiger partial charge in [-0.05, 0) is 74.7 Å². The van der Waals surface area contributed by atoms with Crippen LogP contribution in [0.4, 0.5) is 5.82 Å². The van der Waals surface area contributed by atoms with Crippen LogP contribution in [0.25, 0.3) is 32.8 Å². The molecule has 0 bridgehead atoms. The first kappa shape index (κ1) is 27.4. The number of nitrogens with one attached hydrogen (secondary N) is 1. The van der Waals surface area contributed by atoms with E-state index >= 15 is 0 Å². The number of aromatic nitrogens is 1. The van der Waals surface area contributed by atoms with Crippen LogP contribution in [0.2, 0.25) is 0 Å². The van der Waals surface area contributed by atoms with E-state index in [4.69, 9.17) is 9.72 Å². The maximum Gasteiger partial charge on any atom is 0.337 e. The van der Waals surface area contributed by atoms with Crippen LogP contribution in [0.15, 0.2) is 78.9 Å². The summed E-state index contributed by atoms with van der Waals surface area (Å²) < 4.78 is 6.24. The van der Waals surface area contributed by atoms with E-state index in [0.29, 0.717) is 12.1 Å². The molecule has 0 aliphatic heterocycles. The predicted molar refractivity (Wildman–Crippen MR) is 164 cm³/mol. The summed E-state index contributed by atoms with van der Waals surface area (Å²) in [7, 11) is 0. The maximum atomic E-state index is 12.8. The van der Waals surface area contributed by atoms with E-state index in [1.54, 1.807) is 0 Å². The van der Waals surface area contributed by atoms with Crippen LogP contribution in [-0.2, 0) is 16.1 Å². The normalized spacial score (nSPS) is 12.6. The van der Waals surface area contributed by atoms with E-state index < -0.39 is 17.7 Å². The van der Waals surface area contributed by atoms with Gasteiger partial charge in [-0.1, -0.05) is 84.4 Å². The Balaban J connectivity index is 1.84. The van der Waals surface area contributed by atoms with Gasteiger partial charge in [0.15, 0.2) is 6.10 Å². The fourth-order valence-corrected chi connectivity index (χ4v) is 5.48. The average Bonchev–Trinajstić information content (AvgIpc) is 2.92. The largest absolute Gasteiger partial charge is 0.479 e. The summed E-state index contributed by atoms with van der Waals surface area (Å²) in [5, 5.41) is 17.1. The third kappa shape index (κ3) is 5.30. The van der Waals surface area contributed by atoms with Crippen molar-refractivity contribution in [3.05, 3.63) is 107 Å². The molecule has 0 saturated heterocycles. The van der Waals surface area contributed by atoms with E-state index in [2.05, 4.69) is 60.8 Å². The van der Waals surface area contributed by atoms with E-state index in [9.17, 15) is 9.90 Å². The number of benzene rings is 4. The molecule has 0 aliphatic carbocycles. The van der Waals surface area contributed by atoms with E-state index in [1.807, 2.05) is 65.0 Å². The van der Waals surface area contributed by atoms with Gasteiger partial charge in [0.25, 0.3) is 0 Å². The number of hydrogen-bond acceptors (Lipinski definition) is 4. The summed E-state index contributed by atoms with van der Waals surface area (Å²) in [5.74, 6) is -0.250. The zero-order chi connectivity index (χ0) is 28.6. The second-order valence-corrected chi connectivity index (χ2v) is 11.4. The minimum Gasteiger partial charge on any atom is -0.479 e. The second-order valence-electron chi connectivity index (χ2n) is 11.4. The van der Waals surface area contributed by atoms with Crippen LogP contribution in [0.3, 0.4) is 0 Å². The zero-order valence-electron chi connectivity index (χ0n) is 24.0. The van der Waals surface area contributed by atoms with Crippen molar-refractivity contribution in [3.63, 3.8) is 0 Å². The fraction of sp³-hybridized carbons (Fsp3) is 0.257. The van der Waals surface area contributed by atoms with Crippen LogP contribution in [-0.4, -0.2) is 21.7 Å². The molecular weight excluding hydrogens is 496 g/mol. The molecule has 1 aromatic heterocycles. The van der Waals surface area contributed by atoms with E-state index in [-0.39, 0.29) is 0 Å². The molecule has 204 valence electrons. The standard InChI is InChI=1S/C35H36N2O3/c1-21-16-18-25(19-17-21)28-22(2)29-26-14-10-11-15-27(26)33(36-20-24-12-8-7-9-13-24)37-31(29)23(3)30(28)32(34(38)39)40-35(4,5)6/h7-19,32H,20H2,1-6H3,(H,36,37)(H,38,39)/t32-/m0/s1. The molecule has 5 aromatic rings. The Kier molecular flexibility index (Phi) is 7.35. The van der Waals surface area contributed by atoms with Gasteiger partial charge in [-0.3, -0.25) is 0 Å². The summed E-state index contributed by atoms with van der Waals surface area (Å²) >= 11 is 0. The number of nitrogens with zero attached hydrogens (tertiary/aromatic N) is 1. The molecule has 0 spiro atoms. The molecule has 0 fully saturated rings. The Morgan fingerprint density at radius 3 is 2.12 bits per heavy atom. The number of pyridine rings is 1. The number of carboxylic acids is 1. The highest BCUT2D eigenvalue weighted by molar-refractivity contribution is 6.14. The summed E-state index contributed by atoms with van der Waals surface area (Å²) in [4.78, 5) is 18.0. The quantitative estimate of drug-likeness (QED) is 0.206. The van der Waals surface area contributed by atoms with Crippen molar-refractivity contribution in [1.29, 1.82) is 0 Å². The maximum absolute atomic E-state index is 12.8. The number of ether oxygens (including phenoxy) is 1. The highest BCUT2D eigenvalue weighted by Gasteiger charge is 2.33. The second kappa shape index (κ2) is 10.7. The first-order valence-corrected chi connectivity index (χ1v) is 13.7.